The lowest BCUT2D eigenvalue weighted by Gasteiger charge is -2.39. The molecule has 4 aliphatic rings. The smallest absolute Gasteiger partial charge is 0.416 e. The minimum absolute atomic E-state index is 0.186. The van der Waals surface area contributed by atoms with Crippen LogP contribution in [0.5, 0.6) is 23.0 Å². The molecule has 294 valence electrons. The second-order valence-electron chi connectivity index (χ2n) is 19.0. The van der Waals surface area contributed by atoms with Gasteiger partial charge in [-0.05, 0) is 147 Å². The van der Waals surface area contributed by atoms with E-state index < -0.39 is 47.7 Å². The van der Waals surface area contributed by atoms with Gasteiger partial charge in [0.2, 0.25) is 0 Å². The van der Waals surface area contributed by atoms with Gasteiger partial charge in [-0.3, -0.25) is 0 Å². The number of ether oxygens (including phenoxy) is 2. The second kappa shape index (κ2) is 11.1. The van der Waals surface area contributed by atoms with Crippen LogP contribution in [-0.2, 0) is 23.2 Å². The van der Waals surface area contributed by atoms with Crippen molar-refractivity contribution < 1.29 is 35.8 Å². The van der Waals surface area contributed by atoms with Gasteiger partial charge in [0, 0.05) is 0 Å². The first-order valence-electron chi connectivity index (χ1n) is 20.2. The number of hydrogen-bond acceptors (Lipinski definition) is 2. The number of halogens is 6. The summed E-state index contributed by atoms with van der Waals surface area (Å²) in [5.41, 5.74) is 6.79. The number of rotatable bonds is 0. The molecular formula is C50H34B2F6O2. The number of hydrogen-bond donors (Lipinski definition) is 0. The van der Waals surface area contributed by atoms with Crippen LogP contribution in [0.1, 0.15) is 63.8 Å². The highest BCUT2D eigenvalue weighted by Crippen LogP contribution is 2.52. The van der Waals surface area contributed by atoms with Crippen molar-refractivity contribution in [2.24, 2.45) is 0 Å². The summed E-state index contributed by atoms with van der Waals surface area (Å²) < 4.78 is 102. The predicted molar refractivity (Wildman–Crippen MR) is 231 cm³/mol. The fourth-order valence-electron chi connectivity index (χ4n) is 11.0. The standard InChI is InChI=1S/C50H34B2F6O2/c1-47(2,3)31-19-25-27-15-23(49(53,54)55)17-39-45(27)52(34-12-8-10-14-38(34)59-39)36-22-30-32(48(4,5)6)20-26-28-16-24(50(56,57)58)18-40-46(28)51(33-11-7-9-13-37(33)60-40)35-21-29(31)43(41(25)36)44(30)42(26)35/h7-22H,1-6H3. The zero-order chi connectivity index (χ0) is 41.7. The van der Waals surface area contributed by atoms with Crippen LogP contribution in [0.3, 0.4) is 0 Å². The zero-order valence-corrected chi connectivity index (χ0v) is 33.5. The SMILES string of the molecule is CC(C)(C)c1cc2c3c(cc4c(C(C)(C)C)cc5c6c(cc1c3c46)B1c3ccccc3Oc3cc(C(F)(F)F)cc-5c31)B1c3ccccc3Oc3cc(C(F)(F)F)cc-2c31. The molecule has 0 aliphatic carbocycles. The Morgan fingerprint density at radius 1 is 0.400 bits per heavy atom. The Labute approximate surface area is 342 Å². The summed E-state index contributed by atoms with van der Waals surface area (Å²) in [5, 5.41) is 5.50. The lowest BCUT2D eigenvalue weighted by Crippen LogP contribution is -2.58. The molecule has 0 N–H and O–H groups in total. The Morgan fingerprint density at radius 2 is 0.783 bits per heavy atom. The van der Waals surface area contributed by atoms with Gasteiger partial charge in [0.15, 0.2) is 0 Å². The van der Waals surface area contributed by atoms with Gasteiger partial charge in [0.25, 0.3) is 13.4 Å². The molecule has 0 radical (unpaired) electrons. The summed E-state index contributed by atoms with van der Waals surface area (Å²) in [6.07, 6.45) is -9.27. The van der Waals surface area contributed by atoms with Crippen molar-refractivity contribution in [3.8, 4) is 45.3 Å². The summed E-state index contributed by atoms with van der Waals surface area (Å²) in [4.78, 5) is 0. The molecule has 0 bridgehead atoms. The first-order chi connectivity index (χ1) is 28.3. The van der Waals surface area contributed by atoms with Gasteiger partial charge in [0.05, 0.1) is 11.1 Å². The van der Waals surface area contributed by atoms with Gasteiger partial charge in [-0.2, -0.15) is 26.3 Å². The maximum absolute atomic E-state index is 14.9. The van der Waals surface area contributed by atoms with Crippen LogP contribution in [0.2, 0.25) is 0 Å². The molecule has 0 unspecified atom stereocenters. The highest BCUT2D eigenvalue weighted by molar-refractivity contribution is 7.01. The molecule has 12 rings (SSSR count). The molecule has 0 saturated heterocycles. The van der Waals surface area contributed by atoms with Crippen LogP contribution in [0, 0.1) is 0 Å². The minimum Gasteiger partial charge on any atom is -0.458 e. The lowest BCUT2D eigenvalue weighted by molar-refractivity contribution is -0.138. The fraction of sp³-hybridized carbons (Fsp3) is 0.200. The Kier molecular flexibility index (Phi) is 6.65. The first kappa shape index (κ1) is 36.0. The van der Waals surface area contributed by atoms with Gasteiger partial charge in [-0.1, -0.05) is 101 Å². The molecule has 4 aliphatic heterocycles. The molecule has 0 aromatic heterocycles. The number of benzene rings is 8. The monoisotopic (exact) mass is 802 g/mol. The van der Waals surface area contributed by atoms with E-state index in [-0.39, 0.29) is 11.5 Å². The number of alkyl halides is 6. The van der Waals surface area contributed by atoms with Crippen LogP contribution >= 0.6 is 0 Å². The van der Waals surface area contributed by atoms with Gasteiger partial charge < -0.3 is 9.47 Å². The Morgan fingerprint density at radius 3 is 1.15 bits per heavy atom. The maximum atomic E-state index is 14.9. The molecule has 4 heterocycles. The molecule has 0 amide bonds. The van der Waals surface area contributed by atoms with Crippen molar-refractivity contribution in [2.45, 2.75) is 64.7 Å². The van der Waals surface area contributed by atoms with Crippen molar-refractivity contribution in [1.82, 2.24) is 0 Å². The average Bonchev–Trinajstić information content (AvgIpc) is 3.18. The molecule has 10 heteroatoms. The first-order valence-corrected chi connectivity index (χ1v) is 20.2. The van der Waals surface area contributed by atoms with E-state index in [4.69, 9.17) is 9.47 Å². The third kappa shape index (κ3) is 4.60. The van der Waals surface area contributed by atoms with Gasteiger partial charge in [0.1, 0.15) is 23.0 Å². The highest BCUT2D eigenvalue weighted by atomic mass is 19.4. The van der Waals surface area contributed by atoms with Crippen LogP contribution in [0.4, 0.5) is 26.3 Å². The quantitative estimate of drug-likeness (QED) is 0.0864. The molecular weight excluding hydrogens is 768 g/mol. The van der Waals surface area contributed by atoms with E-state index in [9.17, 15) is 26.3 Å². The summed E-state index contributed by atoms with van der Waals surface area (Å²) in [6, 6.07) is 28.6. The topological polar surface area (TPSA) is 18.5 Å². The van der Waals surface area contributed by atoms with Crippen molar-refractivity contribution in [2.75, 3.05) is 0 Å². The largest absolute Gasteiger partial charge is 0.458 e. The van der Waals surface area contributed by atoms with Crippen molar-refractivity contribution in [3.63, 3.8) is 0 Å². The third-order valence-corrected chi connectivity index (χ3v) is 13.4. The van der Waals surface area contributed by atoms with E-state index in [2.05, 4.69) is 65.8 Å². The summed E-state index contributed by atoms with van der Waals surface area (Å²) in [7, 11) is 0. The lowest BCUT2D eigenvalue weighted by atomic mass is 9.31. The van der Waals surface area contributed by atoms with Crippen LogP contribution in [0.25, 0.3) is 54.6 Å². The summed E-state index contributed by atoms with van der Waals surface area (Å²) >= 11 is 0. The minimum atomic E-state index is -4.64. The fourth-order valence-corrected chi connectivity index (χ4v) is 11.0. The Bertz CT molecular complexity index is 3060. The van der Waals surface area contributed by atoms with E-state index in [1.807, 2.05) is 48.5 Å². The molecule has 0 fully saturated rings. The van der Waals surface area contributed by atoms with Gasteiger partial charge >= 0.3 is 12.4 Å². The summed E-state index contributed by atoms with van der Waals surface area (Å²) in [5.74, 6) is 1.38. The molecule has 0 spiro atoms. The second-order valence-corrected chi connectivity index (χ2v) is 19.0. The Balaban J connectivity index is 1.35. The number of para-hydroxylation sites is 2. The van der Waals surface area contributed by atoms with E-state index in [1.165, 1.54) is 12.1 Å². The Hall–Kier alpha value is -5.89. The molecule has 8 aromatic carbocycles. The molecule has 2 nitrogen and oxygen atoms in total. The molecule has 0 atom stereocenters. The maximum Gasteiger partial charge on any atom is 0.416 e. The van der Waals surface area contributed by atoms with E-state index >= 15 is 0 Å². The normalized spacial score (nSPS) is 14.9. The van der Waals surface area contributed by atoms with Crippen molar-refractivity contribution >= 4 is 78.5 Å². The van der Waals surface area contributed by atoms with Crippen molar-refractivity contribution in [3.05, 3.63) is 119 Å². The average molecular weight is 802 g/mol. The van der Waals surface area contributed by atoms with Gasteiger partial charge in [-0.15, -0.1) is 0 Å². The summed E-state index contributed by atoms with van der Waals surface area (Å²) in [6.45, 7) is 11.8. The predicted octanol–water partition coefficient (Wildman–Crippen LogP) is 10.4. The highest BCUT2D eigenvalue weighted by Gasteiger charge is 2.47. The molecule has 0 saturated carbocycles. The van der Waals surface area contributed by atoms with Crippen molar-refractivity contribution in [1.29, 1.82) is 0 Å². The number of fused-ring (bicyclic) bond motifs is 8. The van der Waals surface area contributed by atoms with E-state index in [1.54, 1.807) is 0 Å². The van der Waals surface area contributed by atoms with Gasteiger partial charge in [-0.25, -0.2) is 0 Å². The van der Waals surface area contributed by atoms with Crippen LogP contribution in [0.15, 0.2) is 97.1 Å². The van der Waals surface area contributed by atoms with Crippen LogP contribution in [-0.4, -0.2) is 13.4 Å². The van der Waals surface area contributed by atoms with Crippen LogP contribution < -0.4 is 42.3 Å². The molecule has 60 heavy (non-hydrogen) atoms. The third-order valence-electron chi connectivity index (χ3n) is 13.4. The zero-order valence-electron chi connectivity index (χ0n) is 33.5. The van der Waals surface area contributed by atoms with E-state index in [0.29, 0.717) is 44.7 Å². The molecule has 8 aromatic rings. The van der Waals surface area contributed by atoms with E-state index in [0.717, 1.165) is 77.4 Å².